The van der Waals surface area contributed by atoms with Crippen molar-refractivity contribution < 1.29 is 26.7 Å². The maximum atomic E-state index is 13.8. The van der Waals surface area contributed by atoms with Crippen molar-refractivity contribution in [3.63, 3.8) is 0 Å². The van der Waals surface area contributed by atoms with Crippen LogP contribution in [0.3, 0.4) is 0 Å². The Labute approximate surface area is 137 Å². The smallest absolute Gasteiger partial charge is 0.207 e. The lowest BCUT2D eigenvalue weighted by molar-refractivity contribution is 0.0211. The summed E-state index contributed by atoms with van der Waals surface area (Å²) >= 11 is 0. The molecule has 2 saturated heterocycles. The average Bonchev–Trinajstić information content (AvgIpc) is 2.85. The van der Waals surface area contributed by atoms with Crippen molar-refractivity contribution in [1.29, 1.82) is 0 Å². The van der Waals surface area contributed by atoms with E-state index in [9.17, 15) is 22.0 Å². The maximum absolute atomic E-state index is 13.8. The van der Waals surface area contributed by atoms with Gasteiger partial charge >= 0.3 is 0 Å². The predicted molar refractivity (Wildman–Crippen MR) is 78.3 cm³/mol. The molecule has 134 valence electrons. The molecule has 2 heterocycles. The molecule has 0 radical (unpaired) electrons. The van der Waals surface area contributed by atoms with E-state index in [2.05, 4.69) is 18.7 Å². The molecular formula is C17H20F5NO. The van der Waals surface area contributed by atoms with Gasteiger partial charge in [-0.3, -0.25) is 4.90 Å². The molecule has 3 unspecified atom stereocenters. The Hall–Kier alpha value is -1.37. The summed E-state index contributed by atoms with van der Waals surface area (Å²) in [5.41, 5.74) is 0. The van der Waals surface area contributed by atoms with Crippen LogP contribution in [-0.2, 0) is 0 Å². The number of rotatable bonds is 4. The van der Waals surface area contributed by atoms with Crippen molar-refractivity contribution in [1.82, 2.24) is 4.90 Å². The summed E-state index contributed by atoms with van der Waals surface area (Å²) in [5, 5.41) is 0. The van der Waals surface area contributed by atoms with E-state index >= 15 is 0 Å². The molecule has 1 aromatic carbocycles. The van der Waals surface area contributed by atoms with Crippen molar-refractivity contribution in [2.75, 3.05) is 0 Å². The fourth-order valence-corrected chi connectivity index (χ4v) is 4.05. The van der Waals surface area contributed by atoms with Gasteiger partial charge in [0.2, 0.25) is 29.1 Å². The van der Waals surface area contributed by atoms with Crippen LogP contribution in [0.25, 0.3) is 0 Å². The normalized spacial score (nSPS) is 28.2. The van der Waals surface area contributed by atoms with E-state index in [-0.39, 0.29) is 12.1 Å². The van der Waals surface area contributed by atoms with Crippen molar-refractivity contribution in [2.45, 2.75) is 70.2 Å². The summed E-state index contributed by atoms with van der Waals surface area (Å²) in [6.45, 7) is 4.23. The topological polar surface area (TPSA) is 12.5 Å². The van der Waals surface area contributed by atoms with Gasteiger partial charge in [0.15, 0.2) is 5.75 Å². The summed E-state index contributed by atoms with van der Waals surface area (Å²) in [6, 6.07) is 0.854. The Balaban J connectivity index is 1.80. The van der Waals surface area contributed by atoms with E-state index in [4.69, 9.17) is 4.74 Å². The van der Waals surface area contributed by atoms with Gasteiger partial charge in [-0.05, 0) is 39.0 Å². The third-order valence-corrected chi connectivity index (χ3v) is 5.30. The van der Waals surface area contributed by atoms with Gasteiger partial charge in [-0.25, -0.2) is 13.2 Å². The van der Waals surface area contributed by atoms with Crippen molar-refractivity contribution in [3.05, 3.63) is 29.1 Å². The van der Waals surface area contributed by atoms with E-state index in [1.54, 1.807) is 0 Å². The Bertz CT molecular complexity index is 595. The molecule has 7 heteroatoms. The fraction of sp³-hybridized carbons (Fsp3) is 0.647. The highest BCUT2D eigenvalue weighted by Gasteiger charge is 2.43. The van der Waals surface area contributed by atoms with Crippen LogP contribution in [-0.4, -0.2) is 29.1 Å². The molecule has 2 bridgehead atoms. The van der Waals surface area contributed by atoms with Gasteiger partial charge in [-0.2, -0.15) is 8.78 Å². The predicted octanol–water partition coefficient (Wildman–Crippen LogP) is 4.55. The van der Waals surface area contributed by atoms with Gasteiger partial charge in [0.05, 0.1) is 0 Å². The molecule has 2 aliphatic rings. The third-order valence-electron chi connectivity index (χ3n) is 5.30. The lowest BCUT2D eigenvalue weighted by Gasteiger charge is -2.42. The molecule has 24 heavy (non-hydrogen) atoms. The Morgan fingerprint density at radius 2 is 1.38 bits per heavy atom. The van der Waals surface area contributed by atoms with E-state index in [0.717, 1.165) is 19.3 Å². The van der Waals surface area contributed by atoms with E-state index < -0.39 is 40.9 Å². The first kappa shape index (κ1) is 17.5. The molecule has 2 nitrogen and oxygen atoms in total. The molecule has 2 aliphatic heterocycles. The highest BCUT2D eigenvalue weighted by atomic mass is 19.2. The lowest BCUT2D eigenvalue weighted by Crippen LogP contribution is -2.50. The largest absolute Gasteiger partial charge is 0.484 e. The highest BCUT2D eigenvalue weighted by molar-refractivity contribution is 5.30. The second-order valence-electron chi connectivity index (χ2n) is 6.70. The fourth-order valence-electron chi connectivity index (χ4n) is 4.05. The van der Waals surface area contributed by atoms with Crippen LogP contribution < -0.4 is 4.74 Å². The molecule has 0 aromatic heterocycles. The summed E-state index contributed by atoms with van der Waals surface area (Å²) in [5.74, 6) is -11.1. The number of ether oxygens (including phenoxy) is 1. The number of fused-ring (bicyclic) bond motifs is 2. The summed E-state index contributed by atoms with van der Waals surface area (Å²) in [6.07, 6.45) is 3.44. The second-order valence-corrected chi connectivity index (χ2v) is 6.70. The van der Waals surface area contributed by atoms with Gasteiger partial charge < -0.3 is 4.74 Å². The van der Waals surface area contributed by atoms with Gasteiger partial charge in [0.25, 0.3) is 0 Å². The molecule has 2 fully saturated rings. The van der Waals surface area contributed by atoms with E-state index in [0.29, 0.717) is 18.9 Å². The zero-order chi connectivity index (χ0) is 17.6. The van der Waals surface area contributed by atoms with Gasteiger partial charge in [-0.1, -0.05) is 6.92 Å². The number of hydrogen-bond acceptors (Lipinski definition) is 2. The van der Waals surface area contributed by atoms with E-state index in [1.165, 1.54) is 0 Å². The standard InChI is InChI=1S/C17H20F5NO/c1-3-8(2)23-9-4-5-10(23)7-11(6-9)24-17-15(21)13(19)12(18)14(20)16(17)22/h8-11H,3-7H2,1-2H3. The maximum Gasteiger partial charge on any atom is 0.207 e. The lowest BCUT2D eigenvalue weighted by atomic mass is 9.97. The summed E-state index contributed by atoms with van der Waals surface area (Å²) < 4.78 is 72.5. The van der Waals surface area contributed by atoms with Crippen LogP contribution in [0, 0.1) is 29.1 Å². The quantitative estimate of drug-likeness (QED) is 0.449. The monoisotopic (exact) mass is 349 g/mol. The van der Waals surface area contributed by atoms with Crippen LogP contribution in [0.2, 0.25) is 0 Å². The number of halogens is 5. The summed E-state index contributed by atoms with van der Waals surface area (Å²) in [7, 11) is 0. The van der Waals surface area contributed by atoms with Crippen LogP contribution in [0.5, 0.6) is 5.75 Å². The van der Waals surface area contributed by atoms with Crippen molar-refractivity contribution in [3.8, 4) is 5.75 Å². The minimum absolute atomic E-state index is 0.227. The second kappa shape index (κ2) is 6.50. The van der Waals surface area contributed by atoms with Crippen molar-refractivity contribution in [2.24, 2.45) is 0 Å². The molecule has 1 aromatic rings. The van der Waals surface area contributed by atoms with Crippen LogP contribution in [0.4, 0.5) is 22.0 Å². The molecular weight excluding hydrogens is 329 g/mol. The van der Waals surface area contributed by atoms with Crippen LogP contribution in [0.15, 0.2) is 0 Å². The van der Waals surface area contributed by atoms with Gasteiger partial charge in [0, 0.05) is 18.1 Å². The number of benzene rings is 1. The van der Waals surface area contributed by atoms with Gasteiger partial charge in [0.1, 0.15) is 6.10 Å². The number of hydrogen-bond donors (Lipinski definition) is 0. The molecule has 0 amide bonds. The number of piperidine rings is 1. The zero-order valence-corrected chi connectivity index (χ0v) is 13.6. The molecule has 0 saturated carbocycles. The Morgan fingerprint density at radius 3 is 1.83 bits per heavy atom. The first-order valence-corrected chi connectivity index (χ1v) is 8.30. The Kier molecular flexibility index (Phi) is 4.73. The SMILES string of the molecule is CCC(C)N1C2CCC1CC(Oc1c(F)c(F)c(F)c(F)c1F)C2. The summed E-state index contributed by atoms with van der Waals surface area (Å²) in [4.78, 5) is 2.40. The number of nitrogens with zero attached hydrogens (tertiary/aromatic N) is 1. The molecule has 3 atom stereocenters. The molecule has 0 spiro atoms. The minimum atomic E-state index is -2.16. The molecule has 0 N–H and O–H groups in total. The Morgan fingerprint density at radius 1 is 0.917 bits per heavy atom. The van der Waals surface area contributed by atoms with E-state index in [1.807, 2.05) is 0 Å². The minimum Gasteiger partial charge on any atom is -0.484 e. The van der Waals surface area contributed by atoms with Crippen LogP contribution in [0.1, 0.15) is 46.0 Å². The van der Waals surface area contributed by atoms with Crippen LogP contribution >= 0.6 is 0 Å². The van der Waals surface area contributed by atoms with Gasteiger partial charge in [-0.15, -0.1) is 0 Å². The third kappa shape index (κ3) is 2.76. The first-order valence-electron chi connectivity index (χ1n) is 8.30. The molecule has 3 rings (SSSR count). The highest BCUT2D eigenvalue weighted by Crippen LogP contribution is 2.40. The van der Waals surface area contributed by atoms with Crippen molar-refractivity contribution >= 4 is 0 Å². The molecule has 0 aliphatic carbocycles. The first-order chi connectivity index (χ1) is 11.3. The zero-order valence-electron chi connectivity index (χ0n) is 13.6. The average molecular weight is 349 g/mol.